The summed E-state index contributed by atoms with van der Waals surface area (Å²) in [5, 5.41) is 1.39. The Morgan fingerprint density at radius 1 is 1.00 bits per heavy atom. The lowest BCUT2D eigenvalue weighted by Gasteiger charge is -2.16. The highest BCUT2D eigenvalue weighted by Crippen LogP contribution is 2.26. The van der Waals surface area contributed by atoms with Crippen LogP contribution in [0.25, 0.3) is 16.6 Å². The van der Waals surface area contributed by atoms with E-state index in [1.807, 2.05) is 31.2 Å². The van der Waals surface area contributed by atoms with E-state index in [9.17, 15) is 14.4 Å². The molecule has 0 amide bonds. The third-order valence-electron chi connectivity index (χ3n) is 5.13. The summed E-state index contributed by atoms with van der Waals surface area (Å²) in [7, 11) is 3.05. The summed E-state index contributed by atoms with van der Waals surface area (Å²) in [6, 6.07) is 13.9. The Kier molecular flexibility index (Phi) is 5.60. The number of para-hydroxylation sites is 1. The van der Waals surface area contributed by atoms with E-state index in [0.29, 0.717) is 26.8 Å². The van der Waals surface area contributed by atoms with E-state index >= 15 is 0 Å². The van der Waals surface area contributed by atoms with Gasteiger partial charge in [-0.1, -0.05) is 41.6 Å². The average molecular weight is 455 g/mol. The average Bonchev–Trinajstić information content (AvgIpc) is 2.74. The van der Waals surface area contributed by atoms with Crippen molar-refractivity contribution in [3.05, 3.63) is 96.0 Å². The van der Waals surface area contributed by atoms with Crippen molar-refractivity contribution in [2.75, 3.05) is 0 Å². The maximum Gasteiger partial charge on any atom is 0.330 e. The van der Waals surface area contributed by atoms with Crippen LogP contribution in [-0.4, -0.2) is 18.7 Å². The zero-order chi connectivity index (χ0) is 22.3. The van der Waals surface area contributed by atoms with Crippen LogP contribution >= 0.6 is 23.4 Å². The SMILES string of the molecule is Cc1ccccc1-n1c(SCc2cc(=O)n(C)c(=O)n2C)nc2cc(Cl)ccc2c1=O. The smallest absolute Gasteiger partial charge is 0.300 e. The summed E-state index contributed by atoms with van der Waals surface area (Å²) >= 11 is 7.39. The van der Waals surface area contributed by atoms with Gasteiger partial charge in [0.1, 0.15) is 0 Å². The fourth-order valence-electron chi connectivity index (χ4n) is 3.32. The molecule has 0 saturated heterocycles. The van der Waals surface area contributed by atoms with Gasteiger partial charge in [-0.3, -0.25) is 23.3 Å². The fourth-order valence-corrected chi connectivity index (χ4v) is 4.51. The molecule has 0 bridgehead atoms. The zero-order valence-corrected chi connectivity index (χ0v) is 18.7. The van der Waals surface area contributed by atoms with Crippen LogP contribution in [0.3, 0.4) is 0 Å². The minimum atomic E-state index is -0.405. The number of aryl methyl sites for hydroxylation is 1. The van der Waals surface area contributed by atoms with Crippen LogP contribution in [-0.2, 0) is 19.8 Å². The monoisotopic (exact) mass is 454 g/mol. The number of rotatable bonds is 4. The molecule has 0 N–H and O–H groups in total. The van der Waals surface area contributed by atoms with Crippen molar-refractivity contribution in [3.8, 4) is 5.69 Å². The molecule has 0 spiro atoms. The number of benzene rings is 2. The van der Waals surface area contributed by atoms with Crippen LogP contribution in [0.4, 0.5) is 0 Å². The summed E-state index contributed by atoms with van der Waals surface area (Å²) < 4.78 is 4.03. The Hall–Kier alpha value is -3.10. The maximum absolute atomic E-state index is 13.4. The Bertz CT molecular complexity index is 1500. The molecule has 2 aromatic heterocycles. The van der Waals surface area contributed by atoms with Gasteiger partial charge < -0.3 is 0 Å². The standard InChI is InChI=1S/C22H19ClN4O3S/c1-13-6-4-5-7-18(13)27-20(29)16-9-8-14(23)10-17(16)24-21(27)31-12-15-11-19(28)26(3)22(30)25(15)2/h4-11H,12H2,1-3H3. The van der Waals surface area contributed by atoms with Crippen molar-refractivity contribution in [3.63, 3.8) is 0 Å². The van der Waals surface area contributed by atoms with E-state index in [4.69, 9.17) is 16.6 Å². The first kappa shape index (κ1) is 21.1. The Morgan fingerprint density at radius 3 is 2.48 bits per heavy atom. The van der Waals surface area contributed by atoms with Crippen molar-refractivity contribution < 1.29 is 0 Å². The van der Waals surface area contributed by atoms with Crippen LogP contribution in [0.1, 0.15) is 11.3 Å². The van der Waals surface area contributed by atoms with Crippen molar-refractivity contribution in [2.24, 2.45) is 14.1 Å². The molecule has 9 heteroatoms. The van der Waals surface area contributed by atoms with Gasteiger partial charge in [0.05, 0.1) is 16.6 Å². The van der Waals surface area contributed by atoms with Crippen LogP contribution in [0.5, 0.6) is 0 Å². The number of thioether (sulfide) groups is 1. The van der Waals surface area contributed by atoms with Gasteiger partial charge in [-0.25, -0.2) is 9.78 Å². The molecule has 31 heavy (non-hydrogen) atoms. The van der Waals surface area contributed by atoms with Gasteiger partial charge in [0, 0.05) is 36.6 Å². The number of hydrogen-bond acceptors (Lipinski definition) is 5. The number of nitrogens with zero attached hydrogens (tertiary/aromatic N) is 4. The molecule has 158 valence electrons. The topological polar surface area (TPSA) is 78.9 Å². The van der Waals surface area contributed by atoms with E-state index in [-0.39, 0.29) is 16.9 Å². The fraction of sp³-hybridized carbons (Fsp3) is 0.182. The van der Waals surface area contributed by atoms with Crippen LogP contribution < -0.4 is 16.8 Å². The van der Waals surface area contributed by atoms with E-state index in [2.05, 4.69) is 0 Å². The number of hydrogen-bond donors (Lipinski definition) is 0. The van der Waals surface area contributed by atoms with Crippen molar-refractivity contribution in [2.45, 2.75) is 17.8 Å². The molecule has 2 aromatic carbocycles. The highest BCUT2D eigenvalue weighted by atomic mass is 35.5. The van der Waals surface area contributed by atoms with E-state index in [1.165, 1.54) is 29.4 Å². The summed E-state index contributed by atoms with van der Waals surface area (Å²) in [5.41, 5.74) is 1.67. The number of fused-ring (bicyclic) bond motifs is 1. The first-order valence-electron chi connectivity index (χ1n) is 9.45. The van der Waals surface area contributed by atoms with Crippen molar-refractivity contribution in [1.29, 1.82) is 0 Å². The molecule has 0 unspecified atom stereocenters. The first-order valence-corrected chi connectivity index (χ1v) is 10.8. The zero-order valence-electron chi connectivity index (χ0n) is 17.1. The molecule has 0 atom stereocenters. The Labute approximate surface area is 186 Å². The van der Waals surface area contributed by atoms with E-state index < -0.39 is 5.69 Å². The van der Waals surface area contributed by atoms with Crippen LogP contribution in [0.15, 0.2) is 68.1 Å². The van der Waals surface area contributed by atoms with Gasteiger partial charge in [-0.05, 0) is 36.8 Å². The minimum Gasteiger partial charge on any atom is -0.300 e. The third kappa shape index (κ3) is 3.84. The summed E-state index contributed by atoms with van der Waals surface area (Å²) in [4.78, 5) is 42.4. The van der Waals surface area contributed by atoms with Gasteiger partial charge in [-0.2, -0.15) is 0 Å². The summed E-state index contributed by atoms with van der Waals surface area (Å²) in [6.07, 6.45) is 0. The lowest BCUT2D eigenvalue weighted by molar-refractivity contribution is 0.664. The predicted octanol–water partition coefficient (Wildman–Crippen LogP) is 3.04. The highest BCUT2D eigenvalue weighted by Gasteiger charge is 2.16. The minimum absolute atomic E-state index is 0.212. The van der Waals surface area contributed by atoms with Gasteiger partial charge in [0.15, 0.2) is 5.16 Å². The molecular weight excluding hydrogens is 436 g/mol. The second kappa shape index (κ2) is 8.20. The molecule has 7 nitrogen and oxygen atoms in total. The molecule has 0 fully saturated rings. The van der Waals surface area contributed by atoms with E-state index in [0.717, 1.165) is 15.8 Å². The van der Waals surface area contributed by atoms with Crippen LogP contribution in [0, 0.1) is 6.92 Å². The second-order valence-corrected chi connectivity index (χ2v) is 8.53. The van der Waals surface area contributed by atoms with Gasteiger partial charge >= 0.3 is 5.69 Å². The largest absolute Gasteiger partial charge is 0.330 e. The molecule has 0 radical (unpaired) electrons. The normalized spacial score (nSPS) is 11.2. The Balaban J connectivity index is 1.90. The third-order valence-corrected chi connectivity index (χ3v) is 6.34. The summed E-state index contributed by atoms with van der Waals surface area (Å²) in [5.74, 6) is 0.284. The molecule has 4 rings (SSSR count). The maximum atomic E-state index is 13.4. The molecule has 0 saturated carbocycles. The Morgan fingerprint density at radius 2 is 1.74 bits per heavy atom. The van der Waals surface area contributed by atoms with E-state index in [1.54, 1.807) is 29.8 Å². The lowest BCUT2D eigenvalue weighted by Crippen LogP contribution is -2.37. The second-order valence-electron chi connectivity index (χ2n) is 7.15. The molecule has 0 aliphatic heterocycles. The molecule has 0 aliphatic carbocycles. The molecule has 0 aliphatic rings. The molecular formula is C22H19ClN4O3S. The molecule has 4 aromatic rings. The number of halogens is 1. The van der Waals surface area contributed by atoms with Gasteiger partial charge in [-0.15, -0.1) is 0 Å². The van der Waals surface area contributed by atoms with Gasteiger partial charge in [0.2, 0.25) is 0 Å². The number of aromatic nitrogens is 4. The van der Waals surface area contributed by atoms with Crippen molar-refractivity contribution in [1.82, 2.24) is 18.7 Å². The van der Waals surface area contributed by atoms with Gasteiger partial charge in [0.25, 0.3) is 11.1 Å². The summed E-state index contributed by atoms with van der Waals surface area (Å²) in [6.45, 7) is 1.92. The van der Waals surface area contributed by atoms with Crippen LogP contribution in [0.2, 0.25) is 5.02 Å². The highest BCUT2D eigenvalue weighted by molar-refractivity contribution is 7.98. The first-order chi connectivity index (χ1) is 14.8. The quantitative estimate of drug-likeness (QED) is 0.350. The lowest BCUT2D eigenvalue weighted by atomic mass is 10.2. The van der Waals surface area contributed by atoms with Crippen molar-refractivity contribution >= 4 is 34.3 Å². The molecule has 2 heterocycles. The predicted molar refractivity (Wildman–Crippen MR) is 124 cm³/mol.